The van der Waals surface area contributed by atoms with E-state index in [1.54, 1.807) is 11.3 Å². The van der Waals surface area contributed by atoms with Crippen LogP contribution in [0.25, 0.3) is 0 Å². The number of rotatable bonds is 6. The van der Waals surface area contributed by atoms with Crippen molar-refractivity contribution >= 4 is 37.1 Å². The highest BCUT2D eigenvalue weighted by Crippen LogP contribution is 2.24. The number of sulfone groups is 1. The van der Waals surface area contributed by atoms with Crippen molar-refractivity contribution < 1.29 is 8.42 Å². The second kappa shape index (κ2) is 6.31. The van der Waals surface area contributed by atoms with Crippen LogP contribution in [0.1, 0.15) is 11.8 Å². The zero-order valence-corrected chi connectivity index (χ0v) is 13.5. The minimum atomic E-state index is -2.87. The monoisotopic (exact) mass is 339 g/mol. The molecule has 0 aliphatic heterocycles. The van der Waals surface area contributed by atoms with Gasteiger partial charge in [0.25, 0.3) is 0 Å². The van der Waals surface area contributed by atoms with Crippen LogP contribution in [0.5, 0.6) is 0 Å². The SMILES string of the molecule is C[C@H](CN(C)Cc1sccc1Br)CS(C)(=O)=O. The van der Waals surface area contributed by atoms with Crippen LogP contribution >= 0.6 is 27.3 Å². The lowest BCUT2D eigenvalue weighted by molar-refractivity contribution is 0.291. The fraction of sp³-hybridized carbons (Fsp3) is 0.636. The highest BCUT2D eigenvalue weighted by Gasteiger charge is 2.13. The van der Waals surface area contributed by atoms with E-state index in [9.17, 15) is 8.42 Å². The number of hydrogen-bond acceptors (Lipinski definition) is 4. The van der Waals surface area contributed by atoms with Crippen molar-refractivity contribution in [1.29, 1.82) is 0 Å². The average molecular weight is 340 g/mol. The lowest BCUT2D eigenvalue weighted by Gasteiger charge is -2.20. The maximum absolute atomic E-state index is 11.2. The van der Waals surface area contributed by atoms with E-state index >= 15 is 0 Å². The third-order valence-corrected chi connectivity index (χ3v) is 5.40. The maximum atomic E-state index is 11.2. The topological polar surface area (TPSA) is 37.4 Å². The molecule has 0 bridgehead atoms. The summed E-state index contributed by atoms with van der Waals surface area (Å²) in [6, 6.07) is 2.04. The third-order valence-electron chi connectivity index (χ3n) is 2.32. The second-order valence-corrected chi connectivity index (χ2v) is 8.63. The molecule has 0 amide bonds. The molecule has 3 nitrogen and oxygen atoms in total. The fourth-order valence-electron chi connectivity index (χ4n) is 1.85. The number of thiophene rings is 1. The minimum absolute atomic E-state index is 0.161. The zero-order valence-electron chi connectivity index (χ0n) is 10.3. The molecule has 1 atom stereocenters. The lowest BCUT2D eigenvalue weighted by atomic mass is 10.2. The summed E-state index contributed by atoms with van der Waals surface area (Å²) >= 11 is 5.21. The van der Waals surface area contributed by atoms with Crippen LogP contribution in [0, 0.1) is 5.92 Å². The fourth-order valence-corrected chi connectivity index (χ4v) is 4.55. The van der Waals surface area contributed by atoms with Crippen molar-refractivity contribution in [3.63, 3.8) is 0 Å². The standard InChI is InChI=1S/C11H18BrNO2S2/c1-9(8-17(3,14)15)6-13(2)7-11-10(12)4-5-16-11/h4-5,9H,6-8H2,1-3H3/t9-/m1/s1. The van der Waals surface area contributed by atoms with E-state index in [-0.39, 0.29) is 11.7 Å². The van der Waals surface area contributed by atoms with Crippen molar-refractivity contribution in [3.8, 4) is 0 Å². The molecule has 17 heavy (non-hydrogen) atoms. The van der Waals surface area contributed by atoms with E-state index < -0.39 is 9.84 Å². The Labute approximate surface area is 116 Å². The first-order valence-electron chi connectivity index (χ1n) is 5.36. The van der Waals surface area contributed by atoms with Crippen molar-refractivity contribution in [3.05, 3.63) is 20.8 Å². The smallest absolute Gasteiger partial charge is 0.147 e. The Morgan fingerprint density at radius 2 is 2.18 bits per heavy atom. The van der Waals surface area contributed by atoms with Gasteiger partial charge in [-0.05, 0) is 40.3 Å². The predicted molar refractivity (Wildman–Crippen MR) is 77.2 cm³/mol. The van der Waals surface area contributed by atoms with E-state index in [1.807, 2.05) is 25.4 Å². The van der Waals surface area contributed by atoms with Gasteiger partial charge in [0.2, 0.25) is 0 Å². The minimum Gasteiger partial charge on any atom is -0.301 e. The number of nitrogens with zero attached hydrogens (tertiary/aromatic N) is 1. The molecule has 0 unspecified atom stereocenters. The third kappa shape index (κ3) is 5.99. The van der Waals surface area contributed by atoms with Gasteiger partial charge >= 0.3 is 0 Å². The molecule has 0 saturated carbocycles. The van der Waals surface area contributed by atoms with E-state index in [4.69, 9.17) is 0 Å². The van der Waals surface area contributed by atoms with Crippen LogP contribution in [-0.4, -0.2) is 38.9 Å². The van der Waals surface area contributed by atoms with E-state index in [0.29, 0.717) is 0 Å². The van der Waals surface area contributed by atoms with Gasteiger partial charge in [0.05, 0.1) is 5.75 Å². The van der Waals surface area contributed by atoms with Gasteiger partial charge < -0.3 is 4.90 Å². The molecule has 0 radical (unpaired) electrons. The first kappa shape index (κ1) is 15.1. The van der Waals surface area contributed by atoms with Gasteiger partial charge in [-0.3, -0.25) is 0 Å². The molecule has 98 valence electrons. The first-order valence-corrected chi connectivity index (χ1v) is 9.09. The van der Waals surface area contributed by atoms with E-state index in [0.717, 1.165) is 17.6 Å². The molecule has 1 heterocycles. The Balaban J connectivity index is 2.45. The highest BCUT2D eigenvalue weighted by atomic mass is 79.9. The number of halogens is 1. The molecule has 1 aromatic heterocycles. The first-order chi connectivity index (χ1) is 7.78. The van der Waals surface area contributed by atoms with Crippen LogP contribution < -0.4 is 0 Å². The van der Waals surface area contributed by atoms with Crippen molar-refractivity contribution in [2.24, 2.45) is 5.92 Å². The van der Waals surface area contributed by atoms with Crippen LogP contribution in [0.4, 0.5) is 0 Å². The summed E-state index contributed by atoms with van der Waals surface area (Å²) in [6.45, 7) is 3.62. The van der Waals surface area contributed by atoms with Crippen LogP contribution in [0.3, 0.4) is 0 Å². The Bertz CT molecular complexity index is 456. The highest BCUT2D eigenvalue weighted by molar-refractivity contribution is 9.10. The van der Waals surface area contributed by atoms with E-state index in [1.165, 1.54) is 11.1 Å². The summed E-state index contributed by atoms with van der Waals surface area (Å²) < 4.78 is 23.5. The normalized spacial score (nSPS) is 14.2. The van der Waals surface area contributed by atoms with Crippen molar-refractivity contribution in [2.45, 2.75) is 13.5 Å². The summed E-state index contributed by atoms with van der Waals surface area (Å²) in [6.07, 6.45) is 1.29. The average Bonchev–Trinajstić information content (AvgIpc) is 2.47. The quantitative estimate of drug-likeness (QED) is 0.799. The molecule has 0 N–H and O–H groups in total. The lowest BCUT2D eigenvalue weighted by Crippen LogP contribution is -2.27. The molecule has 0 saturated heterocycles. The van der Waals surface area contributed by atoms with Crippen LogP contribution in [0.15, 0.2) is 15.9 Å². The van der Waals surface area contributed by atoms with Gasteiger partial charge in [-0.15, -0.1) is 11.3 Å². The van der Waals surface area contributed by atoms with Crippen molar-refractivity contribution in [1.82, 2.24) is 4.90 Å². The summed E-state index contributed by atoms with van der Waals surface area (Å²) in [5.74, 6) is 0.414. The van der Waals surface area contributed by atoms with Gasteiger partial charge in [-0.25, -0.2) is 8.42 Å². The Hall–Kier alpha value is 0.0900. The molecule has 0 aromatic carbocycles. The summed E-state index contributed by atoms with van der Waals surface area (Å²) in [4.78, 5) is 3.44. The number of hydrogen-bond donors (Lipinski definition) is 0. The van der Waals surface area contributed by atoms with Gasteiger partial charge in [0, 0.05) is 28.7 Å². The van der Waals surface area contributed by atoms with E-state index in [2.05, 4.69) is 20.8 Å². The second-order valence-electron chi connectivity index (χ2n) is 4.59. The van der Waals surface area contributed by atoms with Gasteiger partial charge in [-0.1, -0.05) is 6.92 Å². The predicted octanol–water partition coefficient (Wildman–Crippen LogP) is 2.62. The largest absolute Gasteiger partial charge is 0.301 e. The molecule has 6 heteroatoms. The molecular formula is C11H18BrNO2S2. The van der Waals surface area contributed by atoms with Gasteiger partial charge in [-0.2, -0.15) is 0 Å². The summed E-state index contributed by atoms with van der Waals surface area (Å²) in [5, 5.41) is 2.05. The maximum Gasteiger partial charge on any atom is 0.147 e. The molecule has 1 rings (SSSR count). The molecule has 1 aromatic rings. The van der Waals surface area contributed by atoms with Crippen LogP contribution in [0.2, 0.25) is 0 Å². The Kier molecular flexibility index (Phi) is 5.63. The summed E-state index contributed by atoms with van der Waals surface area (Å²) in [5.41, 5.74) is 0. The molecule has 0 aliphatic carbocycles. The molecular weight excluding hydrogens is 322 g/mol. The van der Waals surface area contributed by atoms with Gasteiger partial charge in [0.15, 0.2) is 0 Å². The molecule has 0 aliphatic rings. The Morgan fingerprint density at radius 3 is 2.65 bits per heavy atom. The van der Waals surface area contributed by atoms with Crippen molar-refractivity contribution in [2.75, 3.05) is 25.6 Å². The zero-order chi connectivity index (χ0) is 13.1. The summed E-state index contributed by atoms with van der Waals surface area (Å²) in [7, 11) is -0.854. The van der Waals surface area contributed by atoms with Gasteiger partial charge in [0.1, 0.15) is 9.84 Å². The Morgan fingerprint density at radius 1 is 1.53 bits per heavy atom. The molecule has 0 spiro atoms. The molecule has 0 fully saturated rings. The van der Waals surface area contributed by atoms with Crippen LogP contribution in [-0.2, 0) is 16.4 Å².